The maximum Gasteiger partial charge on any atom is 0.326 e. The summed E-state index contributed by atoms with van der Waals surface area (Å²) in [7, 11) is 0. The fraction of sp³-hybridized carbons (Fsp3) is 0.103. The molecule has 3 N–H and O–H groups in total. The Bertz CT molecular complexity index is 1340. The number of halogens is 2. The second kappa shape index (κ2) is 11.8. The molecule has 5 nitrogen and oxygen atoms in total. The standard InChI is InChI=1S/C29H24Cl2N2O3/c30-24-11-6-12-25(31)27(24)28(34)33-26(29(35)36)17-19-13-15-20(16-14-19)23-10-5-4-7-21(23)18-32-22-8-2-1-3-9-22/h1-16,26,32H,17-18H2,(H,33,34)(H,35,36)/t26-/m0/s1. The van der Waals surface area contributed by atoms with Gasteiger partial charge in [-0.25, -0.2) is 4.79 Å². The Hall–Kier alpha value is -3.80. The van der Waals surface area contributed by atoms with Gasteiger partial charge in [0.1, 0.15) is 6.04 Å². The highest BCUT2D eigenvalue weighted by molar-refractivity contribution is 6.39. The summed E-state index contributed by atoms with van der Waals surface area (Å²) in [5.41, 5.74) is 5.12. The highest BCUT2D eigenvalue weighted by Gasteiger charge is 2.23. The Morgan fingerprint density at radius 3 is 2.08 bits per heavy atom. The summed E-state index contributed by atoms with van der Waals surface area (Å²) in [4.78, 5) is 24.6. The van der Waals surface area contributed by atoms with Crippen LogP contribution in [0.4, 0.5) is 5.69 Å². The molecule has 0 saturated heterocycles. The smallest absolute Gasteiger partial charge is 0.326 e. The first kappa shape index (κ1) is 25.3. The van der Waals surface area contributed by atoms with Crippen LogP contribution in [0.5, 0.6) is 0 Å². The molecule has 0 fully saturated rings. The third kappa shape index (κ3) is 6.25. The Morgan fingerprint density at radius 1 is 0.778 bits per heavy atom. The van der Waals surface area contributed by atoms with E-state index in [1.807, 2.05) is 66.7 Å². The van der Waals surface area contributed by atoms with E-state index in [1.165, 1.54) is 12.1 Å². The molecule has 0 aliphatic heterocycles. The Balaban J connectivity index is 1.47. The third-order valence-electron chi connectivity index (χ3n) is 5.77. The lowest BCUT2D eigenvalue weighted by molar-refractivity contribution is -0.139. The number of carbonyl (C=O) groups is 2. The van der Waals surface area contributed by atoms with E-state index in [-0.39, 0.29) is 22.0 Å². The van der Waals surface area contributed by atoms with Crippen molar-refractivity contribution in [3.63, 3.8) is 0 Å². The van der Waals surface area contributed by atoms with Gasteiger partial charge in [-0.15, -0.1) is 0 Å². The van der Waals surface area contributed by atoms with Crippen molar-refractivity contribution in [2.24, 2.45) is 0 Å². The summed E-state index contributed by atoms with van der Waals surface area (Å²) in [6.45, 7) is 0.666. The van der Waals surface area contributed by atoms with E-state index in [1.54, 1.807) is 6.07 Å². The van der Waals surface area contributed by atoms with E-state index >= 15 is 0 Å². The summed E-state index contributed by atoms with van der Waals surface area (Å²) >= 11 is 12.2. The van der Waals surface area contributed by atoms with Crippen LogP contribution >= 0.6 is 23.2 Å². The molecular formula is C29H24Cl2N2O3. The first-order valence-electron chi connectivity index (χ1n) is 11.4. The number of anilines is 1. The topological polar surface area (TPSA) is 78.4 Å². The first-order valence-corrected chi connectivity index (χ1v) is 12.1. The van der Waals surface area contributed by atoms with Crippen LogP contribution in [-0.2, 0) is 17.8 Å². The zero-order valence-corrected chi connectivity index (χ0v) is 20.8. The van der Waals surface area contributed by atoms with Gasteiger partial charge < -0.3 is 15.7 Å². The van der Waals surface area contributed by atoms with Crippen LogP contribution in [0.1, 0.15) is 21.5 Å². The van der Waals surface area contributed by atoms with Crippen LogP contribution in [0.2, 0.25) is 10.0 Å². The second-order valence-corrected chi connectivity index (χ2v) is 9.05. The number of para-hydroxylation sites is 1. The van der Waals surface area contributed by atoms with Crippen LogP contribution in [0.25, 0.3) is 11.1 Å². The van der Waals surface area contributed by atoms with Crippen LogP contribution in [0, 0.1) is 0 Å². The van der Waals surface area contributed by atoms with E-state index in [9.17, 15) is 14.7 Å². The van der Waals surface area contributed by atoms with Crippen molar-refractivity contribution in [1.82, 2.24) is 5.32 Å². The molecule has 0 bridgehead atoms. The molecule has 4 aromatic rings. The molecule has 4 rings (SSSR count). The molecule has 0 aliphatic rings. The summed E-state index contributed by atoms with van der Waals surface area (Å²) in [6.07, 6.45) is 0.112. The minimum Gasteiger partial charge on any atom is -0.480 e. The minimum absolute atomic E-state index is 0.0585. The fourth-order valence-electron chi connectivity index (χ4n) is 3.91. The molecule has 7 heteroatoms. The summed E-state index contributed by atoms with van der Waals surface area (Å²) in [5.74, 6) is -1.78. The number of benzene rings is 4. The van der Waals surface area contributed by atoms with Gasteiger partial charge in [0.25, 0.3) is 5.91 Å². The number of carboxylic acid groups (broad SMARTS) is 1. The van der Waals surface area contributed by atoms with Crippen molar-refractivity contribution in [3.8, 4) is 11.1 Å². The fourth-order valence-corrected chi connectivity index (χ4v) is 4.48. The minimum atomic E-state index is -1.15. The first-order chi connectivity index (χ1) is 17.4. The molecule has 4 aromatic carbocycles. The van der Waals surface area contributed by atoms with E-state index in [0.717, 1.165) is 27.9 Å². The van der Waals surface area contributed by atoms with Crippen LogP contribution in [0.15, 0.2) is 97.1 Å². The van der Waals surface area contributed by atoms with Crippen molar-refractivity contribution in [2.45, 2.75) is 19.0 Å². The Morgan fingerprint density at radius 2 is 1.42 bits per heavy atom. The van der Waals surface area contributed by atoms with Gasteiger partial charge in [-0.3, -0.25) is 4.79 Å². The molecule has 0 spiro atoms. The van der Waals surface area contributed by atoms with Gasteiger partial charge >= 0.3 is 5.97 Å². The maximum atomic E-state index is 12.7. The lowest BCUT2D eigenvalue weighted by Crippen LogP contribution is -2.42. The SMILES string of the molecule is O=C(N[C@@H](Cc1ccc(-c2ccccc2CNc2ccccc2)cc1)C(=O)O)c1c(Cl)cccc1Cl. The van der Waals surface area contributed by atoms with Gasteiger partial charge in [0.2, 0.25) is 0 Å². The van der Waals surface area contributed by atoms with Gasteiger partial charge in [-0.05, 0) is 46.5 Å². The Kier molecular flexibility index (Phi) is 8.26. The number of carbonyl (C=O) groups excluding carboxylic acids is 1. The Labute approximate surface area is 219 Å². The molecule has 0 heterocycles. The van der Waals surface area contributed by atoms with Crippen molar-refractivity contribution in [3.05, 3.63) is 124 Å². The summed E-state index contributed by atoms with van der Waals surface area (Å²) in [6, 6.07) is 29.4. The lowest BCUT2D eigenvalue weighted by atomic mass is 9.97. The quantitative estimate of drug-likeness (QED) is 0.230. The molecular weight excluding hydrogens is 495 g/mol. The van der Waals surface area contributed by atoms with E-state index < -0.39 is 17.9 Å². The van der Waals surface area contributed by atoms with Gasteiger partial charge in [-0.2, -0.15) is 0 Å². The van der Waals surface area contributed by atoms with Gasteiger partial charge in [0, 0.05) is 18.7 Å². The molecule has 1 atom stereocenters. The summed E-state index contributed by atoms with van der Waals surface area (Å²) in [5, 5.41) is 16.0. The molecule has 0 aliphatic carbocycles. The van der Waals surface area contributed by atoms with E-state index in [4.69, 9.17) is 23.2 Å². The molecule has 1 amide bonds. The highest BCUT2D eigenvalue weighted by Crippen LogP contribution is 2.26. The van der Waals surface area contributed by atoms with Gasteiger partial charge in [-0.1, -0.05) is 96.0 Å². The number of rotatable bonds is 9. The lowest BCUT2D eigenvalue weighted by Gasteiger charge is -2.16. The highest BCUT2D eigenvalue weighted by atomic mass is 35.5. The van der Waals surface area contributed by atoms with Crippen molar-refractivity contribution in [1.29, 1.82) is 0 Å². The number of aliphatic carboxylic acids is 1. The van der Waals surface area contributed by atoms with Crippen molar-refractivity contribution >= 4 is 40.8 Å². The number of hydrogen-bond donors (Lipinski definition) is 3. The molecule has 182 valence electrons. The van der Waals surface area contributed by atoms with Gasteiger partial charge in [0.15, 0.2) is 0 Å². The largest absolute Gasteiger partial charge is 0.480 e. The van der Waals surface area contributed by atoms with Gasteiger partial charge in [0.05, 0.1) is 15.6 Å². The van der Waals surface area contributed by atoms with Crippen LogP contribution < -0.4 is 10.6 Å². The van der Waals surface area contributed by atoms with Crippen LogP contribution in [0.3, 0.4) is 0 Å². The average molecular weight is 519 g/mol. The average Bonchev–Trinajstić information content (AvgIpc) is 2.88. The van der Waals surface area contributed by atoms with E-state index in [0.29, 0.717) is 6.54 Å². The third-order valence-corrected chi connectivity index (χ3v) is 6.40. The molecule has 0 saturated carbocycles. The zero-order valence-electron chi connectivity index (χ0n) is 19.2. The van der Waals surface area contributed by atoms with Crippen molar-refractivity contribution in [2.75, 3.05) is 5.32 Å². The number of carboxylic acids is 1. The number of hydrogen-bond acceptors (Lipinski definition) is 3. The molecule has 0 aromatic heterocycles. The summed E-state index contributed by atoms with van der Waals surface area (Å²) < 4.78 is 0. The molecule has 0 radical (unpaired) electrons. The molecule has 36 heavy (non-hydrogen) atoms. The van der Waals surface area contributed by atoms with Crippen molar-refractivity contribution < 1.29 is 14.7 Å². The normalized spacial score (nSPS) is 11.5. The molecule has 0 unspecified atom stereocenters. The number of nitrogens with one attached hydrogen (secondary N) is 2. The zero-order chi connectivity index (χ0) is 25.5. The van der Waals surface area contributed by atoms with Crippen LogP contribution in [-0.4, -0.2) is 23.0 Å². The van der Waals surface area contributed by atoms with E-state index in [2.05, 4.69) is 22.8 Å². The second-order valence-electron chi connectivity index (χ2n) is 8.24. The monoisotopic (exact) mass is 518 g/mol. The predicted molar refractivity (Wildman–Crippen MR) is 145 cm³/mol. The number of amides is 1. The predicted octanol–water partition coefficient (Wildman–Crippen LogP) is 6.70. The maximum absolute atomic E-state index is 12.7.